The number of hydrogen-bond donors (Lipinski definition) is 2. The number of hydrogen-bond acceptors (Lipinski definition) is 5. The standard InChI is InChI=1S/C19H13FN2O4S2/c20-13-5-1-3-11(7-13)8-15-17(24)22(19(27)28-15)10-16(23)21-14-6-2-4-12(9-14)18(25)26/h1-9H,10H2,(H,21,23)(H,25,26)/b15-8-. The van der Waals surface area contributed by atoms with Gasteiger partial charge in [-0.25, -0.2) is 9.18 Å². The molecule has 9 heteroatoms. The second kappa shape index (κ2) is 8.32. The molecule has 1 aliphatic rings. The van der Waals surface area contributed by atoms with Crippen LogP contribution < -0.4 is 5.32 Å². The number of amides is 2. The first-order chi connectivity index (χ1) is 13.3. The minimum atomic E-state index is -1.12. The van der Waals surface area contributed by atoms with Crippen molar-refractivity contribution in [2.75, 3.05) is 11.9 Å². The molecule has 2 aromatic rings. The number of aromatic carboxylic acids is 1. The summed E-state index contributed by atoms with van der Waals surface area (Å²) in [4.78, 5) is 37.2. The van der Waals surface area contributed by atoms with E-state index in [1.54, 1.807) is 12.1 Å². The summed E-state index contributed by atoms with van der Waals surface area (Å²) in [5.41, 5.74) is 0.836. The van der Waals surface area contributed by atoms with Crippen molar-refractivity contribution < 1.29 is 23.9 Å². The number of benzene rings is 2. The van der Waals surface area contributed by atoms with Gasteiger partial charge in [-0.2, -0.15) is 0 Å². The van der Waals surface area contributed by atoms with E-state index in [1.165, 1.54) is 42.5 Å². The van der Waals surface area contributed by atoms with Crippen LogP contribution in [0.5, 0.6) is 0 Å². The molecule has 28 heavy (non-hydrogen) atoms. The maximum absolute atomic E-state index is 13.3. The van der Waals surface area contributed by atoms with Gasteiger partial charge in [0.05, 0.1) is 10.5 Å². The lowest BCUT2D eigenvalue weighted by molar-refractivity contribution is -0.126. The van der Waals surface area contributed by atoms with Gasteiger partial charge in [0.2, 0.25) is 5.91 Å². The summed E-state index contributed by atoms with van der Waals surface area (Å²) in [5, 5.41) is 11.5. The molecule has 3 rings (SSSR count). The van der Waals surface area contributed by atoms with Crippen molar-refractivity contribution >= 4 is 57.8 Å². The van der Waals surface area contributed by atoms with Crippen molar-refractivity contribution in [1.29, 1.82) is 0 Å². The second-order valence-electron chi connectivity index (χ2n) is 5.76. The van der Waals surface area contributed by atoms with Gasteiger partial charge < -0.3 is 10.4 Å². The van der Waals surface area contributed by atoms with Crippen LogP contribution in [0.2, 0.25) is 0 Å². The van der Waals surface area contributed by atoms with Gasteiger partial charge in [-0.15, -0.1) is 0 Å². The van der Waals surface area contributed by atoms with Crippen LogP contribution in [0, 0.1) is 5.82 Å². The molecule has 1 aliphatic heterocycles. The Morgan fingerprint density at radius 1 is 1.21 bits per heavy atom. The number of carboxylic acid groups (broad SMARTS) is 1. The first-order valence-corrected chi connectivity index (χ1v) is 9.20. The largest absolute Gasteiger partial charge is 0.478 e. The number of carbonyl (C=O) groups is 3. The van der Waals surface area contributed by atoms with Crippen LogP contribution in [0.3, 0.4) is 0 Å². The van der Waals surface area contributed by atoms with Crippen molar-refractivity contribution in [1.82, 2.24) is 4.90 Å². The predicted octanol–water partition coefficient (Wildman–Crippen LogP) is 3.36. The van der Waals surface area contributed by atoms with E-state index in [9.17, 15) is 18.8 Å². The predicted molar refractivity (Wildman–Crippen MR) is 108 cm³/mol. The van der Waals surface area contributed by atoms with Gasteiger partial charge in [-0.3, -0.25) is 14.5 Å². The van der Waals surface area contributed by atoms with Crippen molar-refractivity contribution in [3.8, 4) is 0 Å². The third-order valence-corrected chi connectivity index (χ3v) is 5.09. The van der Waals surface area contributed by atoms with E-state index in [2.05, 4.69) is 5.32 Å². The first-order valence-electron chi connectivity index (χ1n) is 7.97. The SMILES string of the molecule is O=C(CN1C(=O)/C(=C/c2cccc(F)c2)SC1=S)Nc1cccc(C(=O)O)c1. The number of anilines is 1. The summed E-state index contributed by atoms with van der Waals surface area (Å²) in [5.74, 6) is -2.51. The van der Waals surface area contributed by atoms with Gasteiger partial charge in [0.1, 0.15) is 16.7 Å². The number of carboxylic acids is 1. The Morgan fingerprint density at radius 2 is 1.96 bits per heavy atom. The van der Waals surface area contributed by atoms with Crippen molar-refractivity contribution in [2.24, 2.45) is 0 Å². The molecule has 142 valence electrons. The summed E-state index contributed by atoms with van der Waals surface area (Å²) in [6.45, 7) is -0.317. The lowest BCUT2D eigenvalue weighted by Crippen LogP contribution is -2.36. The summed E-state index contributed by atoms with van der Waals surface area (Å²) >= 11 is 6.20. The third-order valence-electron chi connectivity index (χ3n) is 3.72. The topological polar surface area (TPSA) is 86.7 Å². The molecule has 0 unspecified atom stereocenters. The van der Waals surface area contributed by atoms with Crippen LogP contribution >= 0.6 is 24.0 Å². The van der Waals surface area contributed by atoms with E-state index in [4.69, 9.17) is 17.3 Å². The normalized spacial score (nSPS) is 15.2. The van der Waals surface area contributed by atoms with Crippen LogP contribution in [0.4, 0.5) is 10.1 Å². The van der Waals surface area contributed by atoms with Crippen LogP contribution in [0.15, 0.2) is 53.4 Å². The number of thioether (sulfide) groups is 1. The van der Waals surface area contributed by atoms with Gasteiger partial charge in [0.25, 0.3) is 5.91 Å². The molecule has 0 atom stereocenters. The Kier molecular flexibility index (Phi) is 5.86. The van der Waals surface area contributed by atoms with Gasteiger partial charge in [0, 0.05) is 5.69 Å². The molecule has 0 spiro atoms. The monoisotopic (exact) mass is 416 g/mol. The summed E-state index contributed by atoms with van der Waals surface area (Å²) in [6, 6.07) is 11.5. The summed E-state index contributed by atoms with van der Waals surface area (Å²) in [6.07, 6.45) is 1.51. The van der Waals surface area contributed by atoms with Crippen molar-refractivity contribution in [3.05, 3.63) is 70.4 Å². The van der Waals surface area contributed by atoms with Gasteiger partial charge in [-0.1, -0.05) is 42.2 Å². The number of nitrogens with zero attached hydrogens (tertiary/aromatic N) is 1. The van der Waals surface area contributed by atoms with Crippen molar-refractivity contribution in [3.63, 3.8) is 0 Å². The zero-order valence-corrected chi connectivity index (χ0v) is 15.8. The minimum Gasteiger partial charge on any atom is -0.478 e. The highest BCUT2D eigenvalue weighted by Crippen LogP contribution is 2.32. The molecule has 0 aliphatic carbocycles. The maximum atomic E-state index is 13.3. The van der Waals surface area contributed by atoms with Gasteiger partial charge in [0.15, 0.2) is 0 Å². The molecule has 0 bridgehead atoms. The molecule has 2 aromatic carbocycles. The van der Waals surface area contributed by atoms with Crippen LogP contribution in [-0.4, -0.2) is 38.7 Å². The van der Waals surface area contributed by atoms with Crippen LogP contribution in [0.25, 0.3) is 6.08 Å². The van der Waals surface area contributed by atoms with Gasteiger partial charge >= 0.3 is 5.97 Å². The Balaban J connectivity index is 1.69. The number of carbonyl (C=O) groups excluding carboxylic acids is 2. The maximum Gasteiger partial charge on any atom is 0.335 e. The van der Waals surface area contributed by atoms with Crippen LogP contribution in [0.1, 0.15) is 15.9 Å². The van der Waals surface area contributed by atoms with E-state index in [-0.39, 0.29) is 21.3 Å². The van der Waals surface area contributed by atoms with E-state index < -0.39 is 23.6 Å². The second-order valence-corrected chi connectivity index (χ2v) is 7.43. The highest BCUT2D eigenvalue weighted by Gasteiger charge is 2.33. The van der Waals surface area contributed by atoms with Crippen molar-refractivity contribution in [2.45, 2.75) is 0 Å². The van der Waals surface area contributed by atoms with E-state index >= 15 is 0 Å². The third kappa shape index (κ3) is 4.62. The molecule has 6 nitrogen and oxygen atoms in total. The molecule has 2 N–H and O–H groups in total. The average molecular weight is 416 g/mol. The molecule has 0 radical (unpaired) electrons. The summed E-state index contributed by atoms with van der Waals surface area (Å²) in [7, 11) is 0. The molecule has 0 saturated carbocycles. The number of halogens is 1. The Morgan fingerprint density at radius 3 is 2.68 bits per heavy atom. The molecule has 1 heterocycles. The lowest BCUT2D eigenvalue weighted by Gasteiger charge is -2.14. The fraction of sp³-hybridized carbons (Fsp3) is 0.0526. The minimum absolute atomic E-state index is 0.0291. The lowest BCUT2D eigenvalue weighted by atomic mass is 10.2. The van der Waals surface area contributed by atoms with E-state index in [0.717, 1.165) is 16.7 Å². The zero-order valence-electron chi connectivity index (χ0n) is 14.2. The van der Waals surface area contributed by atoms with E-state index in [1.807, 2.05) is 0 Å². The Hall–Kier alpha value is -3.04. The smallest absolute Gasteiger partial charge is 0.335 e. The van der Waals surface area contributed by atoms with E-state index in [0.29, 0.717) is 11.3 Å². The molecule has 1 fully saturated rings. The fourth-order valence-corrected chi connectivity index (χ4v) is 3.71. The first kappa shape index (κ1) is 19.7. The fourth-order valence-electron chi connectivity index (χ4n) is 2.46. The molecular formula is C19H13FN2O4S2. The summed E-state index contributed by atoms with van der Waals surface area (Å²) < 4.78 is 13.5. The number of thiocarbonyl (C=S) groups is 1. The Labute approximate surface area is 169 Å². The highest BCUT2D eigenvalue weighted by molar-refractivity contribution is 8.26. The molecule has 0 aromatic heterocycles. The number of rotatable bonds is 5. The quantitative estimate of drug-likeness (QED) is 0.574. The highest BCUT2D eigenvalue weighted by atomic mass is 32.2. The average Bonchev–Trinajstić information content (AvgIpc) is 2.89. The van der Waals surface area contributed by atoms with Gasteiger partial charge in [-0.05, 0) is 42.0 Å². The Bertz CT molecular complexity index is 1020. The zero-order chi connectivity index (χ0) is 20.3. The number of nitrogens with one attached hydrogen (secondary N) is 1. The molecular weight excluding hydrogens is 403 g/mol. The molecule has 1 saturated heterocycles. The molecule has 2 amide bonds. The van der Waals surface area contributed by atoms with Crippen LogP contribution in [-0.2, 0) is 9.59 Å².